The zero-order valence-electron chi connectivity index (χ0n) is 11.4. The summed E-state index contributed by atoms with van der Waals surface area (Å²) in [6, 6.07) is 9.13. The van der Waals surface area contributed by atoms with E-state index in [0.29, 0.717) is 51.5 Å². The van der Waals surface area contributed by atoms with E-state index in [4.69, 9.17) is 10.5 Å². The Balaban J connectivity index is 2.25. The van der Waals surface area contributed by atoms with Gasteiger partial charge in [0.1, 0.15) is 0 Å². The molecule has 1 saturated heterocycles. The second-order valence-corrected chi connectivity index (χ2v) is 6.42. The molecule has 1 aromatic carbocycles. The highest BCUT2D eigenvalue weighted by Crippen LogP contribution is 2.21. The third-order valence-corrected chi connectivity index (χ3v) is 5.15. The molecule has 112 valence electrons. The van der Waals surface area contributed by atoms with Crippen LogP contribution in [0.4, 0.5) is 5.69 Å². The maximum absolute atomic E-state index is 12.7. The van der Waals surface area contributed by atoms with Gasteiger partial charge in [0.15, 0.2) is 0 Å². The van der Waals surface area contributed by atoms with Crippen LogP contribution in [0, 0.1) is 0 Å². The summed E-state index contributed by atoms with van der Waals surface area (Å²) in [6.07, 6.45) is 0.623. The standard InChI is InChI=1S/C13H21N3O3S/c14-7-4-8-16(13-5-2-1-3-6-13)20(17,18)15-9-11-19-12-10-15/h1-3,5-6H,4,7-12,14H2. The SMILES string of the molecule is NCCCN(c1ccccc1)S(=O)(=O)N1CCOCC1. The average Bonchev–Trinajstić information content (AvgIpc) is 2.49. The Labute approximate surface area is 120 Å². The fourth-order valence-electron chi connectivity index (χ4n) is 2.12. The van der Waals surface area contributed by atoms with Crippen LogP contribution in [0.5, 0.6) is 0 Å². The molecule has 1 aliphatic rings. The lowest BCUT2D eigenvalue weighted by Crippen LogP contribution is -2.49. The maximum atomic E-state index is 12.7. The van der Waals surface area contributed by atoms with Crippen molar-refractivity contribution in [2.45, 2.75) is 6.42 Å². The lowest BCUT2D eigenvalue weighted by atomic mass is 10.3. The van der Waals surface area contributed by atoms with Gasteiger partial charge in [-0.3, -0.25) is 4.31 Å². The molecule has 2 N–H and O–H groups in total. The molecule has 1 heterocycles. The molecule has 1 aliphatic heterocycles. The Kier molecular flexibility index (Phi) is 5.36. The number of benzene rings is 1. The number of ether oxygens (including phenoxy) is 1. The molecular formula is C13H21N3O3S. The van der Waals surface area contributed by atoms with Crippen LogP contribution in [-0.2, 0) is 14.9 Å². The van der Waals surface area contributed by atoms with E-state index in [-0.39, 0.29) is 0 Å². The normalized spacial score (nSPS) is 17.1. The number of nitrogens with two attached hydrogens (primary N) is 1. The highest BCUT2D eigenvalue weighted by molar-refractivity contribution is 7.90. The topological polar surface area (TPSA) is 75.9 Å². The molecule has 1 fully saturated rings. The van der Waals surface area contributed by atoms with Gasteiger partial charge in [0.05, 0.1) is 18.9 Å². The molecule has 0 aromatic heterocycles. The van der Waals surface area contributed by atoms with Crippen LogP contribution in [0.25, 0.3) is 0 Å². The molecule has 2 rings (SSSR count). The molecule has 0 radical (unpaired) electrons. The van der Waals surface area contributed by atoms with Crippen LogP contribution in [0.1, 0.15) is 6.42 Å². The second-order valence-electron chi connectivity index (χ2n) is 4.57. The van der Waals surface area contributed by atoms with E-state index < -0.39 is 10.2 Å². The quantitative estimate of drug-likeness (QED) is 0.826. The minimum Gasteiger partial charge on any atom is -0.379 e. The van der Waals surface area contributed by atoms with Crippen LogP contribution >= 0.6 is 0 Å². The average molecular weight is 299 g/mol. The van der Waals surface area contributed by atoms with E-state index in [1.165, 1.54) is 8.61 Å². The van der Waals surface area contributed by atoms with Gasteiger partial charge >= 0.3 is 10.2 Å². The van der Waals surface area contributed by atoms with E-state index in [1.807, 2.05) is 18.2 Å². The first kappa shape index (κ1) is 15.2. The van der Waals surface area contributed by atoms with Crippen molar-refractivity contribution in [3.63, 3.8) is 0 Å². The van der Waals surface area contributed by atoms with Crippen molar-refractivity contribution in [3.05, 3.63) is 30.3 Å². The molecule has 7 heteroatoms. The molecule has 6 nitrogen and oxygen atoms in total. The summed E-state index contributed by atoms with van der Waals surface area (Å²) in [5.41, 5.74) is 6.20. The Morgan fingerprint density at radius 2 is 1.85 bits per heavy atom. The summed E-state index contributed by atoms with van der Waals surface area (Å²) in [5.74, 6) is 0. The molecule has 1 aromatic rings. The molecule has 0 amide bonds. The Hall–Kier alpha value is -1.15. The van der Waals surface area contributed by atoms with E-state index in [9.17, 15) is 8.42 Å². The van der Waals surface area contributed by atoms with E-state index in [2.05, 4.69) is 0 Å². The van der Waals surface area contributed by atoms with Gasteiger partial charge in [-0.25, -0.2) is 0 Å². The number of anilines is 1. The van der Waals surface area contributed by atoms with E-state index in [0.717, 1.165) is 0 Å². The second kappa shape index (κ2) is 7.03. The molecule has 0 aliphatic carbocycles. The van der Waals surface area contributed by atoms with Gasteiger partial charge in [0.2, 0.25) is 0 Å². The maximum Gasteiger partial charge on any atom is 0.304 e. The molecule has 0 spiro atoms. The van der Waals surface area contributed by atoms with Gasteiger partial charge in [0, 0.05) is 19.6 Å². The smallest absolute Gasteiger partial charge is 0.304 e. The first-order valence-corrected chi connectivity index (χ1v) is 8.16. The minimum absolute atomic E-state index is 0.389. The highest BCUT2D eigenvalue weighted by atomic mass is 32.2. The van der Waals surface area contributed by atoms with Crippen LogP contribution < -0.4 is 10.0 Å². The van der Waals surface area contributed by atoms with Crippen LogP contribution in [0.2, 0.25) is 0 Å². The van der Waals surface area contributed by atoms with E-state index in [1.54, 1.807) is 12.1 Å². The number of hydrogen-bond acceptors (Lipinski definition) is 4. The summed E-state index contributed by atoms with van der Waals surface area (Å²) >= 11 is 0. The van der Waals surface area contributed by atoms with Gasteiger partial charge < -0.3 is 10.5 Å². The third-order valence-electron chi connectivity index (χ3n) is 3.18. The Morgan fingerprint density at radius 1 is 1.20 bits per heavy atom. The molecule has 0 bridgehead atoms. The van der Waals surface area contributed by atoms with Gasteiger partial charge in [-0.05, 0) is 25.1 Å². The zero-order chi connectivity index (χ0) is 14.4. The number of rotatable bonds is 6. The monoisotopic (exact) mass is 299 g/mol. The summed E-state index contributed by atoms with van der Waals surface area (Å²) < 4.78 is 33.6. The van der Waals surface area contributed by atoms with Crippen molar-refractivity contribution in [2.24, 2.45) is 5.73 Å². The number of para-hydroxylation sites is 1. The first-order valence-electron chi connectivity index (χ1n) is 6.77. The van der Waals surface area contributed by atoms with Gasteiger partial charge in [-0.15, -0.1) is 0 Å². The summed E-state index contributed by atoms with van der Waals surface area (Å²) in [7, 11) is -3.52. The van der Waals surface area contributed by atoms with Gasteiger partial charge in [-0.2, -0.15) is 12.7 Å². The number of nitrogens with zero attached hydrogens (tertiary/aromatic N) is 2. The predicted octanol–water partition coefficient (Wildman–Crippen LogP) is 0.419. The fourth-order valence-corrected chi connectivity index (χ4v) is 3.76. The van der Waals surface area contributed by atoms with Crippen molar-refractivity contribution in [2.75, 3.05) is 43.7 Å². The molecular weight excluding hydrogens is 278 g/mol. The Bertz CT molecular complexity index is 501. The lowest BCUT2D eigenvalue weighted by Gasteiger charge is -2.33. The summed E-state index contributed by atoms with van der Waals surface area (Å²) in [6.45, 7) is 2.53. The van der Waals surface area contributed by atoms with Crippen LogP contribution in [-0.4, -0.2) is 52.1 Å². The van der Waals surface area contributed by atoms with Gasteiger partial charge in [-0.1, -0.05) is 18.2 Å². The van der Waals surface area contributed by atoms with E-state index >= 15 is 0 Å². The molecule has 0 unspecified atom stereocenters. The van der Waals surface area contributed by atoms with Crippen molar-refractivity contribution < 1.29 is 13.2 Å². The lowest BCUT2D eigenvalue weighted by molar-refractivity contribution is 0.0729. The summed E-state index contributed by atoms with van der Waals surface area (Å²) in [4.78, 5) is 0. The number of morpholine rings is 1. The van der Waals surface area contributed by atoms with Crippen LogP contribution in [0.3, 0.4) is 0 Å². The minimum atomic E-state index is -3.52. The highest BCUT2D eigenvalue weighted by Gasteiger charge is 2.30. The Morgan fingerprint density at radius 3 is 2.45 bits per heavy atom. The molecule has 0 atom stereocenters. The van der Waals surface area contributed by atoms with Crippen molar-refractivity contribution in [3.8, 4) is 0 Å². The third kappa shape index (κ3) is 3.49. The zero-order valence-corrected chi connectivity index (χ0v) is 12.3. The molecule has 20 heavy (non-hydrogen) atoms. The first-order chi connectivity index (χ1) is 9.66. The van der Waals surface area contributed by atoms with Crippen LogP contribution in [0.15, 0.2) is 30.3 Å². The van der Waals surface area contributed by atoms with Gasteiger partial charge in [0.25, 0.3) is 0 Å². The fraction of sp³-hybridized carbons (Fsp3) is 0.538. The van der Waals surface area contributed by atoms with Crippen molar-refractivity contribution in [1.82, 2.24) is 4.31 Å². The predicted molar refractivity (Wildman–Crippen MR) is 78.8 cm³/mol. The number of hydrogen-bond donors (Lipinski definition) is 1. The molecule has 0 saturated carbocycles. The van der Waals surface area contributed by atoms with Crippen molar-refractivity contribution >= 4 is 15.9 Å². The largest absolute Gasteiger partial charge is 0.379 e. The summed E-state index contributed by atoms with van der Waals surface area (Å²) in [5, 5.41) is 0. The van der Waals surface area contributed by atoms with Crippen molar-refractivity contribution in [1.29, 1.82) is 0 Å².